The topological polar surface area (TPSA) is 25.8 Å². The zero-order chi connectivity index (χ0) is 26.8. The van der Waals surface area contributed by atoms with E-state index in [-0.39, 0.29) is 21.7 Å². The highest BCUT2D eigenvalue weighted by Crippen LogP contribution is 2.41. The van der Waals surface area contributed by atoms with Gasteiger partial charge in [0.05, 0.1) is 0 Å². The molecule has 0 spiro atoms. The third-order valence-corrected chi connectivity index (χ3v) is 8.93. The smallest absolute Gasteiger partial charge is 0.155 e. The summed E-state index contributed by atoms with van der Waals surface area (Å²) >= 11 is 3.42. The molecule has 2 aromatic carbocycles. The average molecular weight is 519 g/mol. The molecule has 0 aliphatic rings. The third kappa shape index (κ3) is 5.60. The molecule has 0 aliphatic heterocycles. The van der Waals surface area contributed by atoms with Crippen molar-refractivity contribution in [2.24, 2.45) is 0 Å². The van der Waals surface area contributed by atoms with Gasteiger partial charge in [-0.05, 0) is 68.2 Å². The molecule has 4 heteroatoms. The van der Waals surface area contributed by atoms with Gasteiger partial charge in [0.2, 0.25) is 0 Å². The third-order valence-electron chi connectivity index (χ3n) is 6.80. The summed E-state index contributed by atoms with van der Waals surface area (Å²) in [6.45, 7) is 27.4. The van der Waals surface area contributed by atoms with E-state index in [0.29, 0.717) is 0 Å². The number of fused-ring (bicyclic) bond motifs is 1. The van der Waals surface area contributed by atoms with E-state index in [0.717, 1.165) is 19.7 Å². The van der Waals surface area contributed by atoms with Crippen molar-refractivity contribution in [2.75, 3.05) is 0 Å². The lowest BCUT2D eigenvalue weighted by Crippen LogP contribution is -2.16. The number of aromatic nitrogens is 2. The van der Waals surface area contributed by atoms with E-state index in [1.807, 2.05) is 0 Å². The van der Waals surface area contributed by atoms with Crippen molar-refractivity contribution >= 4 is 32.3 Å². The maximum Gasteiger partial charge on any atom is 0.155 e. The first-order chi connectivity index (χ1) is 16.3. The molecule has 2 aromatic heterocycles. The normalized spacial score (nSPS) is 13.6. The summed E-state index contributed by atoms with van der Waals surface area (Å²) in [4.78, 5) is 12.2. The van der Waals surface area contributed by atoms with Crippen molar-refractivity contribution in [3.05, 3.63) is 58.7 Å². The van der Waals surface area contributed by atoms with Gasteiger partial charge < -0.3 is 0 Å². The largest absolute Gasteiger partial charge is 0.223 e. The van der Waals surface area contributed by atoms with Crippen molar-refractivity contribution in [3.8, 4) is 21.1 Å². The first-order valence-electron chi connectivity index (χ1n) is 12.9. The average Bonchev–Trinajstić information content (AvgIpc) is 3.30. The van der Waals surface area contributed by atoms with E-state index in [1.165, 1.54) is 33.4 Å². The molecule has 4 rings (SSSR count). The zero-order valence-electron chi connectivity index (χ0n) is 24.2. The number of nitrogens with zero attached hydrogens (tertiary/aromatic N) is 2. The van der Waals surface area contributed by atoms with Gasteiger partial charge in [0, 0.05) is 11.1 Å². The minimum Gasteiger partial charge on any atom is -0.223 e. The summed E-state index contributed by atoms with van der Waals surface area (Å²) in [6, 6.07) is 14.0. The van der Waals surface area contributed by atoms with Gasteiger partial charge in [-0.2, -0.15) is 0 Å². The van der Waals surface area contributed by atoms with Crippen LogP contribution in [0, 0.1) is 0 Å². The molecular formula is C32H42N2S2. The van der Waals surface area contributed by atoms with Gasteiger partial charge in [0.15, 0.2) is 9.66 Å². The van der Waals surface area contributed by atoms with E-state index < -0.39 is 0 Å². The Balaban J connectivity index is 1.81. The van der Waals surface area contributed by atoms with Crippen molar-refractivity contribution in [2.45, 2.75) is 105 Å². The number of hydrogen-bond donors (Lipinski definition) is 0. The number of benzene rings is 2. The molecule has 0 saturated heterocycles. The van der Waals surface area contributed by atoms with Gasteiger partial charge in [0.1, 0.15) is 10.0 Å². The predicted molar refractivity (Wildman–Crippen MR) is 161 cm³/mol. The minimum absolute atomic E-state index is 0.0822. The van der Waals surface area contributed by atoms with E-state index in [9.17, 15) is 0 Å². The quantitative estimate of drug-likeness (QED) is 0.264. The first-order valence-corrected chi connectivity index (χ1v) is 14.6. The van der Waals surface area contributed by atoms with Crippen LogP contribution in [-0.4, -0.2) is 9.97 Å². The van der Waals surface area contributed by atoms with Crippen LogP contribution in [0.25, 0.3) is 30.8 Å². The molecular weight excluding hydrogens is 477 g/mol. The highest BCUT2D eigenvalue weighted by atomic mass is 32.1. The van der Waals surface area contributed by atoms with E-state index >= 15 is 0 Å². The lowest BCUT2D eigenvalue weighted by molar-refractivity contribution is 0.568. The van der Waals surface area contributed by atoms with Gasteiger partial charge in [-0.25, -0.2) is 9.97 Å². The minimum atomic E-state index is 0.0822. The number of hydrogen-bond acceptors (Lipinski definition) is 4. The Morgan fingerprint density at radius 3 is 0.889 bits per heavy atom. The second-order valence-electron chi connectivity index (χ2n) is 14.2. The van der Waals surface area contributed by atoms with Crippen LogP contribution in [0.2, 0.25) is 0 Å². The molecule has 2 nitrogen and oxygen atoms in total. The molecule has 2 heterocycles. The summed E-state index contributed by atoms with van der Waals surface area (Å²) < 4.78 is 0. The molecule has 0 N–H and O–H groups in total. The Kier molecular flexibility index (Phi) is 6.58. The van der Waals surface area contributed by atoms with Crippen LogP contribution >= 0.6 is 22.7 Å². The summed E-state index contributed by atoms with van der Waals surface area (Å²) in [5.41, 5.74) is 8.14. The fourth-order valence-electron chi connectivity index (χ4n) is 4.12. The summed E-state index contributed by atoms with van der Waals surface area (Å²) in [5.74, 6) is 0. The Morgan fingerprint density at radius 1 is 0.417 bits per heavy atom. The molecule has 0 aliphatic carbocycles. The van der Waals surface area contributed by atoms with Gasteiger partial charge in [-0.15, -0.1) is 0 Å². The lowest BCUT2D eigenvalue weighted by atomic mass is 9.79. The Labute approximate surface area is 226 Å². The Hall–Kier alpha value is -2.04. The van der Waals surface area contributed by atoms with Crippen molar-refractivity contribution in [3.63, 3.8) is 0 Å². The summed E-state index contributed by atoms with van der Waals surface area (Å²) in [7, 11) is 0. The number of thiazole rings is 2. The van der Waals surface area contributed by atoms with E-state index in [1.54, 1.807) is 22.7 Å². The van der Waals surface area contributed by atoms with Gasteiger partial charge in [0.25, 0.3) is 0 Å². The standard InChI is InChI=1S/C32H42N2S2/c1-29(2,3)21-13-19(14-22(17-21)30(4,5)6)25-33-27-28(35-25)34-26(36-27)20-15-23(31(7,8)9)18-24(16-20)32(10,11)12/h13-18H,1-12H3. The van der Waals surface area contributed by atoms with E-state index in [2.05, 4.69) is 119 Å². The molecule has 192 valence electrons. The second kappa shape index (κ2) is 8.77. The maximum atomic E-state index is 5.09. The second-order valence-corrected chi connectivity index (χ2v) is 16.2. The van der Waals surface area contributed by atoms with Crippen LogP contribution in [0.15, 0.2) is 36.4 Å². The fourth-order valence-corrected chi connectivity index (χ4v) is 6.14. The van der Waals surface area contributed by atoms with Crippen LogP contribution < -0.4 is 0 Å². The lowest BCUT2D eigenvalue weighted by Gasteiger charge is -2.26. The zero-order valence-corrected chi connectivity index (χ0v) is 25.8. The molecule has 0 radical (unpaired) electrons. The molecule has 0 atom stereocenters. The van der Waals surface area contributed by atoms with Crippen LogP contribution in [-0.2, 0) is 21.7 Å². The SMILES string of the molecule is CC(C)(C)c1cc(-c2nc3sc(-c4cc(C(C)(C)C)cc(C(C)(C)C)c4)nc3s2)cc(C(C)(C)C)c1. The Bertz CT molecular complexity index is 1210. The van der Waals surface area contributed by atoms with Crippen LogP contribution in [0.4, 0.5) is 0 Å². The molecule has 36 heavy (non-hydrogen) atoms. The van der Waals surface area contributed by atoms with E-state index in [4.69, 9.17) is 9.97 Å². The first kappa shape index (κ1) is 27.0. The molecule has 0 amide bonds. The molecule has 0 saturated carbocycles. The molecule has 0 bridgehead atoms. The van der Waals surface area contributed by atoms with Crippen molar-refractivity contribution < 1.29 is 0 Å². The van der Waals surface area contributed by atoms with Crippen LogP contribution in [0.5, 0.6) is 0 Å². The molecule has 0 unspecified atom stereocenters. The van der Waals surface area contributed by atoms with Crippen molar-refractivity contribution in [1.82, 2.24) is 9.97 Å². The number of rotatable bonds is 2. The van der Waals surface area contributed by atoms with Crippen LogP contribution in [0.3, 0.4) is 0 Å². The highest BCUT2D eigenvalue weighted by Gasteiger charge is 2.24. The Morgan fingerprint density at radius 2 is 0.667 bits per heavy atom. The molecule has 0 fully saturated rings. The summed E-state index contributed by atoms with van der Waals surface area (Å²) in [5, 5.41) is 2.12. The maximum absolute atomic E-state index is 5.09. The predicted octanol–water partition coefficient (Wildman–Crippen LogP) is 10.3. The highest BCUT2D eigenvalue weighted by molar-refractivity contribution is 7.29. The van der Waals surface area contributed by atoms with Crippen molar-refractivity contribution in [1.29, 1.82) is 0 Å². The summed E-state index contributed by atoms with van der Waals surface area (Å²) in [6.07, 6.45) is 0. The van der Waals surface area contributed by atoms with Gasteiger partial charge >= 0.3 is 0 Å². The molecule has 4 aromatic rings. The van der Waals surface area contributed by atoms with Crippen LogP contribution in [0.1, 0.15) is 105 Å². The van der Waals surface area contributed by atoms with Gasteiger partial charge in [-0.1, -0.05) is 118 Å². The monoisotopic (exact) mass is 518 g/mol. The fraction of sp³-hybridized carbons (Fsp3) is 0.500. The van der Waals surface area contributed by atoms with Gasteiger partial charge in [-0.3, -0.25) is 0 Å².